The second kappa shape index (κ2) is 4.07. The highest BCUT2D eigenvalue weighted by Crippen LogP contribution is 2.16. The normalized spacial score (nSPS) is 21.5. The van der Waals surface area contributed by atoms with E-state index < -0.39 is 19.9 Å². The number of nitrogens with zero attached hydrogens (tertiary/aromatic N) is 3. The Morgan fingerprint density at radius 2 is 1.88 bits per heavy atom. The van der Waals surface area contributed by atoms with Crippen LogP contribution >= 0.6 is 0 Å². The van der Waals surface area contributed by atoms with Crippen molar-refractivity contribution >= 4 is 19.9 Å². The zero-order valence-corrected chi connectivity index (χ0v) is 10.9. The van der Waals surface area contributed by atoms with Crippen molar-refractivity contribution in [2.45, 2.75) is 5.03 Å². The van der Waals surface area contributed by atoms with Crippen LogP contribution < -0.4 is 0 Å². The first-order chi connectivity index (χ1) is 7.81. The van der Waals surface area contributed by atoms with Gasteiger partial charge >= 0.3 is 0 Å². The van der Waals surface area contributed by atoms with Gasteiger partial charge in [0.2, 0.25) is 0 Å². The summed E-state index contributed by atoms with van der Waals surface area (Å²) in [6.07, 6.45) is 2.80. The molecular weight excluding hydrogens is 266 g/mol. The molecule has 0 unspecified atom stereocenters. The van der Waals surface area contributed by atoms with Crippen LogP contribution in [0.3, 0.4) is 0 Å². The molecule has 2 heterocycles. The third-order valence-electron chi connectivity index (χ3n) is 2.59. The largest absolute Gasteiger partial charge is 0.339 e. The summed E-state index contributed by atoms with van der Waals surface area (Å²) in [6, 6.07) is 0. The highest BCUT2D eigenvalue weighted by atomic mass is 32.2. The molecule has 1 fully saturated rings. The fourth-order valence-electron chi connectivity index (χ4n) is 1.59. The average Bonchev–Trinajstić information content (AvgIpc) is 2.65. The van der Waals surface area contributed by atoms with Crippen molar-refractivity contribution in [2.75, 3.05) is 24.6 Å². The van der Waals surface area contributed by atoms with Gasteiger partial charge in [0.25, 0.3) is 10.0 Å². The number of aromatic nitrogens is 2. The minimum absolute atomic E-state index is 0.00123. The molecular formula is C8H13N3O4S2. The molecule has 1 aliphatic heterocycles. The van der Waals surface area contributed by atoms with Crippen molar-refractivity contribution < 1.29 is 16.8 Å². The SMILES string of the molecule is Cn1cnc(S(=O)(=O)N2CCS(=O)(=O)CC2)c1. The van der Waals surface area contributed by atoms with Gasteiger partial charge in [0.1, 0.15) is 0 Å². The second-order valence-corrected chi connectivity index (χ2v) is 8.12. The lowest BCUT2D eigenvalue weighted by Crippen LogP contribution is -2.43. The Morgan fingerprint density at radius 1 is 1.29 bits per heavy atom. The number of rotatable bonds is 2. The first-order valence-corrected chi connectivity index (χ1v) is 8.26. The molecule has 0 radical (unpaired) electrons. The van der Waals surface area contributed by atoms with Crippen molar-refractivity contribution in [3.8, 4) is 0 Å². The topological polar surface area (TPSA) is 89.3 Å². The molecule has 0 amide bonds. The van der Waals surface area contributed by atoms with E-state index in [4.69, 9.17) is 0 Å². The lowest BCUT2D eigenvalue weighted by Gasteiger charge is -2.24. The smallest absolute Gasteiger partial charge is 0.262 e. The lowest BCUT2D eigenvalue weighted by molar-refractivity contribution is 0.429. The van der Waals surface area contributed by atoms with Gasteiger partial charge < -0.3 is 4.57 Å². The summed E-state index contributed by atoms with van der Waals surface area (Å²) in [7, 11) is -5.07. The highest BCUT2D eigenvalue weighted by molar-refractivity contribution is 7.92. The van der Waals surface area contributed by atoms with Crippen LogP contribution in [0.15, 0.2) is 17.6 Å². The molecule has 0 spiro atoms. The number of imidazole rings is 1. The Bertz CT molecular complexity index is 603. The van der Waals surface area contributed by atoms with E-state index >= 15 is 0 Å². The maximum atomic E-state index is 12.1. The lowest BCUT2D eigenvalue weighted by atomic mass is 10.6. The number of hydrogen-bond donors (Lipinski definition) is 0. The van der Waals surface area contributed by atoms with Gasteiger partial charge in [-0.1, -0.05) is 0 Å². The highest BCUT2D eigenvalue weighted by Gasteiger charge is 2.32. The number of hydrogen-bond acceptors (Lipinski definition) is 5. The summed E-state index contributed by atoms with van der Waals surface area (Å²) >= 11 is 0. The van der Waals surface area contributed by atoms with Crippen molar-refractivity contribution in [1.82, 2.24) is 13.9 Å². The Kier molecular flexibility index (Phi) is 3.00. The van der Waals surface area contributed by atoms with Crippen LogP contribution in [0.2, 0.25) is 0 Å². The molecule has 0 atom stereocenters. The van der Waals surface area contributed by atoms with E-state index in [-0.39, 0.29) is 29.6 Å². The van der Waals surface area contributed by atoms with Gasteiger partial charge in [-0.3, -0.25) is 0 Å². The maximum Gasteiger partial charge on any atom is 0.262 e. The van der Waals surface area contributed by atoms with Crippen molar-refractivity contribution in [1.29, 1.82) is 0 Å². The second-order valence-electron chi connectivity index (χ2n) is 3.93. The number of aryl methyl sites for hydroxylation is 1. The molecule has 0 N–H and O–H groups in total. The van der Waals surface area contributed by atoms with Gasteiger partial charge in [-0.05, 0) is 0 Å². The summed E-state index contributed by atoms with van der Waals surface area (Å²) in [4.78, 5) is 3.78. The van der Waals surface area contributed by atoms with Crippen LogP contribution in [0.1, 0.15) is 0 Å². The maximum absolute atomic E-state index is 12.1. The third-order valence-corrected chi connectivity index (χ3v) is 5.98. The Morgan fingerprint density at radius 3 is 2.35 bits per heavy atom. The molecule has 1 aliphatic rings. The van der Waals surface area contributed by atoms with Gasteiger partial charge in [-0.15, -0.1) is 0 Å². The fraction of sp³-hybridized carbons (Fsp3) is 0.625. The zero-order valence-electron chi connectivity index (χ0n) is 9.27. The molecule has 1 aromatic heterocycles. The first kappa shape index (κ1) is 12.5. The molecule has 9 heteroatoms. The monoisotopic (exact) mass is 279 g/mol. The molecule has 0 aliphatic carbocycles. The van der Waals surface area contributed by atoms with Crippen LogP contribution in [-0.4, -0.2) is 55.3 Å². The minimum Gasteiger partial charge on any atom is -0.339 e. The summed E-state index contributed by atoms with van der Waals surface area (Å²) in [5.41, 5.74) is 0. The Hall–Kier alpha value is -0.930. The number of sulfonamides is 1. The van der Waals surface area contributed by atoms with E-state index in [0.717, 1.165) is 4.31 Å². The Balaban J connectivity index is 2.24. The van der Waals surface area contributed by atoms with Gasteiger partial charge in [0.05, 0.1) is 17.8 Å². The quantitative estimate of drug-likeness (QED) is 0.681. The van der Waals surface area contributed by atoms with Gasteiger partial charge in [-0.25, -0.2) is 21.8 Å². The molecule has 96 valence electrons. The molecule has 0 bridgehead atoms. The molecule has 7 nitrogen and oxygen atoms in total. The van der Waals surface area contributed by atoms with Gasteiger partial charge in [-0.2, -0.15) is 4.31 Å². The predicted octanol–water partition coefficient (Wildman–Crippen LogP) is -1.16. The van der Waals surface area contributed by atoms with Crippen LogP contribution in [0.5, 0.6) is 0 Å². The molecule has 0 saturated carbocycles. The Labute approximate surface area is 100 Å². The van der Waals surface area contributed by atoms with E-state index in [0.29, 0.717) is 0 Å². The first-order valence-electron chi connectivity index (χ1n) is 5.00. The van der Waals surface area contributed by atoms with Gasteiger partial charge in [0, 0.05) is 26.3 Å². The number of sulfone groups is 1. The predicted molar refractivity (Wildman–Crippen MR) is 60.6 cm³/mol. The van der Waals surface area contributed by atoms with Crippen LogP contribution in [-0.2, 0) is 26.9 Å². The van der Waals surface area contributed by atoms with E-state index in [2.05, 4.69) is 4.98 Å². The molecule has 1 saturated heterocycles. The van der Waals surface area contributed by atoms with E-state index in [9.17, 15) is 16.8 Å². The summed E-state index contributed by atoms with van der Waals surface area (Å²) in [6.45, 7) is 0.00246. The van der Waals surface area contributed by atoms with Crippen LogP contribution in [0.25, 0.3) is 0 Å². The van der Waals surface area contributed by atoms with Crippen molar-refractivity contribution in [2.24, 2.45) is 7.05 Å². The molecule has 17 heavy (non-hydrogen) atoms. The van der Waals surface area contributed by atoms with E-state index in [1.165, 1.54) is 17.1 Å². The standard InChI is InChI=1S/C8H13N3O4S2/c1-10-6-8(9-7-10)17(14,15)11-2-4-16(12,13)5-3-11/h6-7H,2-5H2,1H3. The van der Waals surface area contributed by atoms with Gasteiger partial charge in [0.15, 0.2) is 14.9 Å². The summed E-state index contributed by atoms with van der Waals surface area (Å²) < 4.78 is 49.3. The third kappa shape index (κ3) is 2.50. The minimum atomic E-state index is -3.65. The van der Waals surface area contributed by atoms with E-state index in [1.807, 2.05) is 0 Å². The fourth-order valence-corrected chi connectivity index (χ4v) is 4.43. The average molecular weight is 279 g/mol. The van der Waals surface area contributed by atoms with Crippen LogP contribution in [0, 0.1) is 0 Å². The van der Waals surface area contributed by atoms with E-state index in [1.54, 1.807) is 7.05 Å². The zero-order chi connectivity index (χ0) is 12.7. The van der Waals surface area contributed by atoms with Crippen LogP contribution in [0.4, 0.5) is 0 Å². The molecule has 2 rings (SSSR count). The van der Waals surface area contributed by atoms with Crippen molar-refractivity contribution in [3.63, 3.8) is 0 Å². The van der Waals surface area contributed by atoms with Crippen molar-refractivity contribution in [3.05, 3.63) is 12.5 Å². The summed E-state index contributed by atoms with van der Waals surface area (Å²) in [5, 5.41) is -0.0423. The molecule has 0 aromatic carbocycles. The summed E-state index contributed by atoms with van der Waals surface area (Å²) in [5.74, 6) is -0.252. The molecule has 1 aromatic rings.